The van der Waals surface area contributed by atoms with E-state index in [9.17, 15) is 14.4 Å². The second-order valence-corrected chi connectivity index (χ2v) is 8.31. The highest BCUT2D eigenvalue weighted by molar-refractivity contribution is 5.97. The van der Waals surface area contributed by atoms with Crippen molar-refractivity contribution in [3.05, 3.63) is 65.4 Å². The van der Waals surface area contributed by atoms with Crippen LogP contribution in [0, 0.1) is 19.8 Å². The fraction of sp³-hybridized carbons (Fsp3) is 0.320. The van der Waals surface area contributed by atoms with Gasteiger partial charge in [0.15, 0.2) is 6.61 Å². The number of hydrogen-bond acceptors (Lipinski definition) is 4. The standard InChI is InChI=1S/C25H27N3O4/c1-16-12-17(2)20-14-22(27-21(20)13-16)25(31)32-15-23(29)28-10-8-18(9-11-28)24(30)26-19-6-4-3-5-7-19/h3-7,12-14,18,27H,8-11,15H2,1-2H3,(H,26,30). The Morgan fingerprint density at radius 2 is 1.78 bits per heavy atom. The number of carbonyl (C=O) groups is 3. The van der Waals surface area contributed by atoms with Crippen LogP contribution in [0.3, 0.4) is 0 Å². The van der Waals surface area contributed by atoms with E-state index in [1.807, 2.05) is 50.2 Å². The van der Waals surface area contributed by atoms with Gasteiger partial charge in [-0.2, -0.15) is 0 Å². The van der Waals surface area contributed by atoms with Crippen molar-refractivity contribution in [3.63, 3.8) is 0 Å². The molecule has 2 aromatic carbocycles. The van der Waals surface area contributed by atoms with E-state index >= 15 is 0 Å². The Balaban J connectivity index is 1.26. The number of aromatic nitrogens is 1. The van der Waals surface area contributed by atoms with E-state index < -0.39 is 5.97 Å². The number of hydrogen-bond donors (Lipinski definition) is 2. The van der Waals surface area contributed by atoms with E-state index in [1.54, 1.807) is 11.0 Å². The number of nitrogens with one attached hydrogen (secondary N) is 2. The summed E-state index contributed by atoms with van der Waals surface area (Å²) in [6.07, 6.45) is 1.16. The lowest BCUT2D eigenvalue weighted by Gasteiger charge is -2.31. The number of para-hydroxylation sites is 1. The van der Waals surface area contributed by atoms with Gasteiger partial charge in [-0.25, -0.2) is 4.79 Å². The third-order valence-corrected chi connectivity index (χ3v) is 5.90. The molecule has 2 heterocycles. The monoisotopic (exact) mass is 433 g/mol. The minimum absolute atomic E-state index is 0.0286. The highest BCUT2D eigenvalue weighted by atomic mass is 16.5. The lowest BCUT2D eigenvalue weighted by atomic mass is 9.95. The fourth-order valence-electron chi connectivity index (χ4n) is 4.16. The zero-order chi connectivity index (χ0) is 22.7. The fourth-order valence-corrected chi connectivity index (χ4v) is 4.16. The van der Waals surface area contributed by atoms with Crippen molar-refractivity contribution in [3.8, 4) is 0 Å². The Morgan fingerprint density at radius 3 is 2.50 bits per heavy atom. The van der Waals surface area contributed by atoms with Crippen molar-refractivity contribution in [2.24, 2.45) is 5.92 Å². The number of aryl methyl sites for hydroxylation is 2. The molecule has 1 aliphatic heterocycles. The summed E-state index contributed by atoms with van der Waals surface area (Å²) in [4.78, 5) is 42.1. The van der Waals surface area contributed by atoms with Gasteiger partial charge >= 0.3 is 5.97 Å². The number of esters is 1. The number of ether oxygens (including phenoxy) is 1. The number of amides is 2. The number of nitrogens with zero attached hydrogens (tertiary/aromatic N) is 1. The maximum atomic E-state index is 12.5. The Bertz CT molecular complexity index is 1140. The molecule has 7 nitrogen and oxygen atoms in total. The van der Waals surface area contributed by atoms with Gasteiger partial charge in [-0.05, 0) is 62.1 Å². The van der Waals surface area contributed by atoms with Crippen LogP contribution >= 0.6 is 0 Å². The number of carbonyl (C=O) groups excluding carboxylic acids is 3. The molecule has 1 fully saturated rings. The zero-order valence-electron chi connectivity index (χ0n) is 18.3. The highest BCUT2D eigenvalue weighted by Gasteiger charge is 2.28. The third-order valence-electron chi connectivity index (χ3n) is 5.90. The summed E-state index contributed by atoms with van der Waals surface area (Å²) >= 11 is 0. The molecule has 0 unspecified atom stereocenters. The van der Waals surface area contributed by atoms with Crippen molar-refractivity contribution in [2.45, 2.75) is 26.7 Å². The molecule has 0 spiro atoms. The molecule has 2 amide bonds. The summed E-state index contributed by atoms with van der Waals surface area (Å²) in [5.74, 6) is -0.967. The van der Waals surface area contributed by atoms with Crippen molar-refractivity contribution in [1.29, 1.82) is 0 Å². The summed E-state index contributed by atoms with van der Waals surface area (Å²) < 4.78 is 5.26. The molecular formula is C25H27N3O4. The number of aromatic amines is 1. The van der Waals surface area contributed by atoms with E-state index in [1.165, 1.54) is 0 Å². The second-order valence-electron chi connectivity index (χ2n) is 8.31. The Kier molecular flexibility index (Phi) is 6.25. The number of fused-ring (bicyclic) bond motifs is 1. The molecule has 7 heteroatoms. The van der Waals surface area contributed by atoms with Crippen LogP contribution in [0.25, 0.3) is 10.9 Å². The largest absolute Gasteiger partial charge is 0.451 e. The van der Waals surface area contributed by atoms with E-state index in [4.69, 9.17) is 4.74 Å². The molecule has 166 valence electrons. The Labute approximate surface area is 186 Å². The number of rotatable bonds is 5. The average Bonchev–Trinajstić information content (AvgIpc) is 3.22. The SMILES string of the molecule is Cc1cc(C)c2cc(C(=O)OCC(=O)N3CCC(C(=O)Nc4ccccc4)CC3)[nH]c2c1. The number of H-pyrrole nitrogens is 1. The van der Waals surface area contributed by atoms with Crippen LogP contribution in [0.15, 0.2) is 48.5 Å². The molecule has 0 aliphatic carbocycles. The van der Waals surface area contributed by atoms with E-state index in [2.05, 4.69) is 16.4 Å². The highest BCUT2D eigenvalue weighted by Crippen LogP contribution is 2.22. The van der Waals surface area contributed by atoms with Gasteiger partial charge in [-0.1, -0.05) is 24.3 Å². The molecule has 0 saturated carbocycles. The van der Waals surface area contributed by atoms with Gasteiger partial charge in [0.1, 0.15) is 5.69 Å². The maximum Gasteiger partial charge on any atom is 0.355 e. The van der Waals surface area contributed by atoms with Gasteiger partial charge in [-0.15, -0.1) is 0 Å². The first-order valence-electron chi connectivity index (χ1n) is 10.8. The summed E-state index contributed by atoms with van der Waals surface area (Å²) in [6, 6.07) is 15.1. The first-order chi connectivity index (χ1) is 15.4. The maximum absolute atomic E-state index is 12.5. The lowest BCUT2D eigenvalue weighted by Crippen LogP contribution is -2.43. The smallest absolute Gasteiger partial charge is 0.355 e. The van der Waals surface area contributed by atoms with Crippen LogP contribution in [-0.2, 0) is 14.3 Å². The van der Waals surface area contributed by atoms with Crippen molar-refractivity contribution in [1.82, 2.24) is 9.88 Å². The van der Waals surface area contributed by atoms with Crippen LogP contribution in [0.1, 0.15) is 34.5 Å². The molecule has 1 saturated heterocycles. The first kappa shape index (κ1) is 21.6. The zero-order valence-corrected chi connectivity index (χ0v) is 18.3. The molecule has 0 bridgehead atoms. The van der Waals surface area contributed by atoms with Gasteiger partial charge < -0.3 is 19.9 Å². The lowest BCUT2D eigenvalue weighted by molar-refractivity contribution is -0.137. The first-order valence-corrected chi connectivity index (χ1v) is 10.8. The number of piperidine rings is 1. The molecule has 32 heavy (non-hydrogen) atoms. The molecule has 0 radical (unpaired) electrons. The van der Waals surface area contributed by atoms with Crippen molar-refractivity contribution >= 4 is 34.4 Å². The molecule has 2 N–H and O–H groups in total. The van der Waals surface area contributed by atoms with E-state index in [0.717, 1.165) is 27.7 Å². The minimum Gasteiger partial charge on any atom is -0.451 e. The predicted molar refractivity (Wildman–Crippen MR) is 122 cm³/mol. The van der Waals surface area contributed by atoms with E-state index in [-0.39, 0.29) is 24.3 Å². The molecular weight excluding hydrogens is 406 g/mol. The molecule has 1 aliphatic rings. The Morgan fingerprint density at radius 1 is 1.06 bits per heavy atom. The second kappa shape index (κ2) is 9.26. The minimum atomic E-state index is -0.552. The van der Waals surface area contributed by atoms with Gasteiger partial charge in [0.05, 0.1) is 0 Å². The quantitative estimate of drug-likeness (QED) is 0.599. The summed E-state index contributed by atoms with van der Waals surface area (Å²) in [5.41, 5.74) is 4.15. The Hall–Kier alpha value is -3.61. The molecule has 3 aromatic rings. The van der Waals surface area contributed by atoms with Crippen LogP contribution in [-0.4, -0.2) is 47.4 Å². The molecule has 4 rings (SSSR count). The molecule has 1 aromatic heterocycles. The number of anilines is 1. The van der Waals surface area contributed by atoms with Crippen molar-refractivity contribution < 1.29 is 19.1 Å². The van der Waals surface area contributed by atoms with Crippen molar-refractivity contribution in [2.75, 3.05) is 25.0 Å². The normalized spacial score (nSPS) is 14.4. The van der Waals surface area contributed by atoms with Crippen LogP contribution in [0.2, 0.25) is 0 Å². The number of likely N-dealkylation sites (tertiary alicyclic amines) is 1. The average molecular weight is 434 g/mol. The van der Waals surface area contributed by atoms with E-state index in [0.29, 0.717) is 31.6 Å². The summed E-state index contributed by atoms with van der Waals surface area (Å²) in [7, 11) is 0. The van der Waals surface area contributed by atoms with Crippen LogP contribution in [0.4, 0.5) is 5.69 Å². The van der Waals surface area contributed by atoms with Crippen LogP contribution in [0.5, 0.6) is 0 Å². The number of benzene rings is 2. The topological polar surface area (TPSA) is 91.5 Å². The van der Waals surface area contributed by atoms with Crippen LogP contribution < -0.4 is 5.32 Å². The van der Waals surface area contributed by atoms with Gasteiger partial charge in [-0.3, -0.25) is 9.59 Å². The summed E-state index contributed by atoms with van der Waals surface area (Å²) in [5, 5.41) is 3.88. The van der Waals surface area contributed by atoms with Gasteiger partial charge in [0.25, 0.3) is 5.91 Å². The van der Waals surface area contributed by atoms with Gasteiger partial charge in [0.2, 0.25) is 5.91 Å². The third kappa shape index (κ3) is 4.82. The van der Waals surface area contributed by atoms with Gasteiger partial charge in [0, 0.05) is 35.6 Å². The summed E-state index contributed by atoms with van der Waals surface area (Å²) in [6.45, 7) is 4.61. The predicted octanol–water partition coefficient (Wildman–Crippen LogP) is 3.82. The molecule has 0 atom stereocenters.